The van der Waals surface area contributed by atoms with Crippen molar-refractivity contribution in [3.05, 3.63) is 52.7 Å². The van der Waals surface area contributed by atoms with E-state index in [-0.39, 0.29) is 22.2 Å². The van der Waals surface area contributed by atoms with Crippen LogP contribution < -0.4 is 5.32 Å². The largest absolute Gasteiger partial charge is 0.351 e. The van der Waals surface area contributed by atoms with Gasteiger partial charge in [0.25, 0.3) is 0 Å². The van der Waals surface area contributed by atoms with Gasteiger partial charge in [-0.25, -0.2) is 0 Å². The van der Waals surface area contributed by atoms with Gasteiger partial charge in [0.2, 0.25) is 6.41 Å². The smallest absolute Gasteiger partial charge is 0.213 e. The molecule has 1 amide bonds. The Bertz CT molecular complexity index is 954. The molecule has 1 heterocycles. The molecule has 3 N–H and O–H groups in total. The van der Waals surface area contributed by atoms with Gasteiger partial charge >= 0.3 is 0 Å². The van der Waals surface area contributed by atoms with E-state index in [1.807, 2.05) is 49.2 Å². The van der Waals surface area contributed by atoms with Crippen LogP contribution in [0.3, 0.4) is 0 Å². The number of nitrogens with zero attached hydrogens (tertiary/aromatic N) is 2. The van der Waals surface area contributed by atoms with Crippen LogP contribution in [0.25, 0.3) is 5.57 Å². The first-order chi connectivity index (χ1) is 15.3. The zero-order valence-corrected chi connectivity index (χ0v) is 22.2. The van der Waals surface area contributed by atoms with Gasteiger partial charge in [-0.15, -0.1) is 0 Å². The van der Waals surface area contributed by atoms with E-state index in [4.69, 9.17) is 22.4 Å². The summed E-state index contributed by atoms with van der Waals surface area (Å²) in [5.41, 5.74) is 2.38. The Morgan fingerprint density at radius 3 is 2.30 bits per heavy atom. The van der Waals surface area contributed by atoms with Crippen molar-refractivity contribution in [2.24, 2.45) is 0 Å². The molecular weight excluding hydrogens is 454 g/mol. The van der Waals surface area contributed by atoms with Gasteiger partial charge < -0.3 is 15.1 Å². The van der Waals surface area contributed by atoms with Gasteiger partial charge in [0.15, 0.2) is 5.17 Å². The van der Waals surface area contributed by atoms with Crippen LogP contribution in [0.15, 0.2) is 36.6 Å². The Balaban J connectivity index is 2.12. The van der Waals surface area contributed by atoms with Crippen molar-refractivity contribution in [1.82, 2.24) is 15.1 Å². The highest BCUT2D eigenvalue weighted by molar-refractivity contribution is 8.26. The van der Waals surface area contributed by atoms with Crippen LogP contribution in [0.2, 0.25) is 5.02 Å². The summed E-state index contributed by atoms with van der Waals surface area (Å²) >= 11 is 7.66. The van der Waals surface area contributed by atoms with Crippen molar-refractivity contribution in [3.8, 4) is 0 Å². The molecule has 0 aromatic heterocycles. The van der Waals surface area contributed by atoms with Crippen LogP contribution in [-0.4, -0.2) is 57.6 Å². The number of rotatable bonds is 6. The first-order valence-electron chi connectivity index (χ1n) is 11.0. The average Bonchev–Trinajstić information content (AvgIpc) is 2.71. The van der Waals surface area contributed by atoms with E-state index < -0.39 is 0 Å². The molecule has 1 saturated heterocycles. The number of nitrogens with one attached hydrogen (secondary N) is 3. The monoisotopic (exact) mass is 489 g/mol. The van der Waals surface area contributed by atoms with Crippen LogP contribution >= 0.6 is 23.4 Å². The Kier molecular flexibility index (Phi) is 8.96. The molecule has 0 radical (unpaired) electrons. The van der Waals surface area contributed by atoms with Crippen LogP contribution in [0.4, 0.5) is 0 Å². The number of carbonyl (C=O) groups excluding carboxylic acids is 1. The van der Waals surface area contributed by atoms with E-state index in [1.54, 1.807) is 13.2 Å². The van der Waals surface area contributed by atoms with Crippen molar-refractivity contribution in [2.75, 3.05) is 14.1 Å². The molecular formula is C25H36ClN5OS. The highest BCUT2D eigenvalue weighted by Crippen LogP contribution is 2.33. The van der Waals surface area contributed by atoms with Gasteiger partial charge in [0.05, 0.1) is 5.02 Å². The molecule has 6 nitrogen and oxygen atoms in total. The lowest BCUT2D eigenvalue weighted by atomic mass is 9.79. The minimum absolute atomic E-state index is 0.0161. The van der Waals surface area contributed by atoms with Crippen LogP contribution in [0.5, 0.6) is 0 Å². The fraction of sp³-hybridized carbons (Fsp3) is 0.480. The predicted molar refractivity (Wildman–Crippen MR) is 142 cm³/mol. The number of carbonyl (C=O) groups is 1. The summed E-state index contributed by atoms with van der Waals surface area (Å²) in [6.07, 6.45) is 8.05. The lowest BCUT2D eigenvalue weighted by molar-refractivity contribution is -0.114. The summed E-state index contributed by atoms with van der Waals surface area (Å²) in [7, 11) is 3.61. The summed E-state index contributed by atoms with van der Waals surface area (Å²) < 4.78 is 0. The minimum atomic E-state index is -0.0161. The molecule has 0 atom stereocenters. The lowest BCUT2D eigenvalue weighted by Gasteiger charge is -2.49. The molecule has 33 heavy (non-hydrogen) atoms. The number of hydrogen-bond acceptors (Lipinski definition) is 5. The van der Waals surface area contributed by atoms with Crippen LogP contribution in [-0.2, 0) is 4.79 Å². The number of thioether (sulfide) groups is 1. The van der Waals surface area contributed by atoms with E-state index >= 15 is 0 Å². The number of piperidine rings is 1. The van der Waals surface area contributed by atoms with Crippen LogP contribution in [0.1, 0.15) is 58.6 Å². The molecule has 1 aromatic rings. The molecule has 8 heteroatoms. The van der Waals surface area contributed by atoms with Gasteiger partial charge in [-0.2, -0.15) is 0 Å². The molecule has 1 aliphatic rings. The fourth-order valence-corrected chi connectivity index (χ4v) is 5.51. The van der Waals surface area contributed by atoms with Crippen molar-refractivity contribution < 1.29 is 4.79 Å². The molecule has 0 saturated carbocycles. The van der Waals surface area contributed by atoms with Gasteiger partial charge in [0, 0.05) is 43.0 Å². The SMILES string of the molecule is C/C=C(\C=C/N(C)C=O)c1ccc(C(=N)SC(=N)N(C)C2CC(C)(C)NC(C)(C)C2)c(Cl)c1. The first-order valence-corrected chi connectivity index (χ1v) is 12.2. The van der Waals surface area contributed by atoms with Crippen molar-refractivity contribution in [2.45, 2.75) is 64.6 Å². The topological polar surface area (TPSA) is 83.3 Å². The van der Waals surface area contributed by atoms with E-state index in [9.17, 15) is 4.79 Å². The van der Waals surface area contributed by atoms with Gasteiger partial charge in [-0.3, -0.25) is 15.6 Å². The number of amidine groups is 1. The summed E-state index contributed by atoms with van der Waals surface area (Å²) in [6, 6.07) is 5.76. The zero-order valence-electron chi connectivity index (χ0n) is 20.6. The predicted octanol–water partition coefficient (Wildman–Crippen LogP) is 5.58. The summed E-state index contributed by atoms with van der Waals surface area (Å²) in [5.74, 6) is 0. The molecule has 0 bridgehead atoms. The maximum atomic E-state index is 10.8. The number of halogens is 1. The Hall–Kier alpha value is -2.09. The highest BCUT2D eigenvalue weighted by atomic mass is 35.5. The minimum Gasteiger partial charge on any atom is -0.351 e. The Morgan fingerprint density at radius 2 is 1.79 bits per heavy atom. The van der Waals surface area contributed by atoms with Crippen LogP contribution in [0, 0.1) is 10.8 Å². The molecule has 0 unspecified atom stereocenters. The second-order valence-corrected chi connectivity index (χ2v) is 11.2. The molecule has 2 rings (SSSR count). The quantitative estimate of drug-likeness (QED) is 0.211. The van der Waals surface area contributed by atoms with Gasteiger partial charge in [-0.05, 0) is 82.5 Å². The van der Waals surface area contributed by atoms with Gasteiger partial charge in [0.1, 0.15) is 5.04 Å². The van der Waals surface area contributed by atoms with E-state index in [0.29, 0.717) is 15.8 Å². The number of allylic oxidation sites excluding steroid dienone is 3. The molecule has 0 aliphatic carbocycles. The third-order valence-electron chi connectivity index (χ3n) is 5.75. The van der Waals surface area contributed by atoms with E-state index in [2.05, 4.69) is 33.0 Å². The maximum absolute atomic E-state index is 10.8. The second kappa shape index (κ2) is 10.9. The van der Waals surface area contributed by atoms with Crippen molar-refractivity contribution >= 4 is 45.6 Å². The molecule has 0 spiro atoms. The van der Waals surface area contributed by atoms with Crippen molar-refractivity contribution in [1.29, 1.82) is 10.8 Å². The Morgan fingerprint density at radius 1 is 1.18 bits per heavy atom. The highest BCUT2D eigenvalue weighted by Gasteiger charge is 2.39. The number of benzene rings is 1. The maximum Gasteiger partial charge on any atom is 0.213 e. The number of amides is 1. The average molecular weight is 490 g/mol. The third kappa shape index (κ3) is 7.45. The number of hydrogen-bond donors (Lipinski definition) is 3. The molecule has 1 aliphatic heterocycles. The summed E-state index contributed by atoms with van der Waals surface area (Å²) in [4.78, 5) is 14.2. The first kappa shape index (κ1) is 27.2. The third-order valence-corrected chi connectivity index (χ3v) is 6.97. The summed E-state index contributed by atoms with van der Waals surface area (Å²) in [5, 5.41) is 21.9. The second-order valence-electron chi connectivity index (χ2n) is 9.83. The van der Waals surface area contributed by atoms with E-state index in [0.717, 1.165) is 42.2 Å². The standard InChI is InChI=1S/C25H36ClN5OS/c1-8-17(11-12-30(6)16-32)18-9-10-20(21(26)13-18)22(27)33-23(28)31(7)19-14-24(2,3)29-25(4,5)15-19/h8-13,16,19,27-29H,14-15H2,1-7H3/b12-11-,17-8+,27-22?,28-23?. The molecule has 1 fully saturated rings. The fourth-order valence-electron chi connectivity index (χ4n) is 4.40. The normalized spacial score (nSPS) is 18.2. The van der Waals surface area contributed by atoms with Gasteiger partial charge in [-0.1, -0.05) is 29.8 Å². The molecule has 180 valence electrons. The Labute approximate surface area is 207 Å². The van der Waals surface area contributed by atoms with Crippen molar-refractivity contribution in [3.63, 3.8) is 0 Å². The lowest BCUT2D eigenvalue weighted by Crippen LogP contribution is -2.62. The molecule has 1 aromatic carbocycles. The summed E-state index contributed by atoms with van der Waals surface area (Å²) in [6.45, 7) is 10.7. The van der Waals surface area contributed by atoms with E-state index in [1.165, 1.54) is 4.90 Å². The zero-order chi connectivity index (χ0) is 25.0.